The first-order valence-corrected chi connectivity index (χ1v) is 16.6. The fourth-order valence-electron chi connectivity index (χ4n) is 6.22. The summed E-state index contributed by atoms with van der Waals surface area (Å²) in [5, 5.41) is 11.3. The van der Waals surface area contributed by atoms with Gasteiger partial charge in [0.05, 0.1) is 64.8 Å². The average molecular weight is 716 g/mol. The monoisotopic (exact) mass is 714 g/mol. The Morgan fingerprint density at radius 1 is 0.800 bits per heavy atom. The molecule has 4 aliphatic rings. The number of aliphatic hydroxyl groups is 1. The summed E-state index contributed by atoms with van der Waals surface area (Å²) in [6, 6.07) is 0. The highest BCUT2D eigenvalue weighted by atomic mass is 35.5. The summed E-state index contributed by atoms with van der Waals surface area (Å²) >= 11 is 13.4. The number of nitrogens with zero attached hydrogens (tertiary/aromatic N) is 3. The molecule has 0 aromatic carbocycles. The van der Waals surface area contributed by atoms with E-state index in [-0.39, 0.29) is 34.8 Å². The molecule has 0 spiro atoms. The summed E-state index contributed by atoms with van der Waals surface area (Å²) in [5.74, 6) is -0.701. The van der Waals surface area contributed by atoms with Crippen LogP contribution in [0.4, 0.5) is 0 Å². The van der Waals surface area contributed by atoms with Gasteiger partial charge in [0.1, 0.15) is 6.29 Å². The van der Waals surface area contributed by atoms with Crippen molar-refractivity contribution in [2.75, 3.05) is 14.2 Å². The third kappa shape index (κ3) is 7.13. The predicted octanol–water partition coefficient (Wildman–Crippen LogP) is 6.19. The Morgan fingerprint density at radius 2 is 1.40 bits per heavy atom. The maximum absolute atomic E-state index is 12.2. The molecule has 8 bridgehead atoms. The molecule has 12 heteroatoms. The topological polar surface area (TPSA) is 143 Å². The number of halogens is 2. The Hall–Kier alpha value is -5.06. The number of carbonyl (C=O) groups excluding carboxylic acids is 3. The first-order valence-electron chi connectivity index (χ1n) is 15.8. The van der Waals surface area contributed by atoms with Crippen LogP contribution < -0.4 is 10.6 Å². The maximum atomic E-state index is 12.2. The number of allylic oxidation sites excluding steroid dienone is 10. The van der Waals surface area contributed by atoms with Crippen molar-refractivity contribution in [2.45, 2.75) is 53.4 Å². The summed E-state index contributed by atoms with van der Waals surface area (Å²) in [5.41, 5.74) is 9.75. The smallest absolute Gasteiger partial charge is 0.305 e. The van der Waals surface area contributed by atoms with Crippen molar-refractivity contribution in [2.24, 2.45) is 15.0 Å². The molecule has 1 aromatic heterocycles. The van der Waals surface area contributed by atoms with Gasteiger partial charge in [-0.3, -0.25) is 14.4 Å². The van der Waals surface area contributed by atoms with Crippen molar-refractivity contribution in [1.82, 2.24) is 4.98 Å². The van der Waals surface area contributed by atoms with E-state index in [4.69, 9.17) is 47.7 Å². The van der Waals surface area contributed by atoms with Crippen LogP contribution in [0.15, 0.2) is 101 Å². The number of fused-ring (bicyclic) bond motifs is 5. The van der Waals surface area contributed by atoms with Crippen molar-refractivity contribution in [3.8, 4) is 0 Å². The third-order valence-corrected chi connectivity index (χ3v) is 9.61. The van der Waals surface area contributed by atoms with Crippen molar-refractivity contribution in [3.63, 3.8) is 0 Å². The van der Waals surface area contributed by atoms with Crippen LogP contribution in [0.5, 0.6) is 0 Å². The van der Waals surface area contributed by atoms with Crippen LogP contribution in [0.1, 0.15) is 57.7 Å². The largest absolute Gasteiger partial charge is 0.516 e. The molecular formula is C38H36Cl2N4O6. The first kappa shape index (κ1) is 36.2. The summed E-state index contributed by atoms with van der Waals surface area (Å²) in [7, 11) is 2.71. The number of aromatic amines is 1. The second-order valence-electron chi connectivity index (χ2n) is 11.9. The zero-order valence-electron chi connectivity index (χ0n) is 28.5. The Balaban J connectivity index is 1.87. The van der Waals surface area contributed by atoms with Crippen LogP contribution in [0.2, 0.25) is 0 Å². The Kier molecular flexibility index (Phi) is 11.0. The number of ether oxygens (including phenoxy) is 2. The highest BCUT2D eigenvalue weighted by Gasteiger charge is 2.28. The van der Waals surface area contributed by atoms with Gasteiger partial charge in [-0.05, 0) is 110 Å². The van der Waals surface area contributed by atoms with E-state index in [1.54, 1.807) is 0 Å². The fraction of sp³-hybridized carbons (Fsp3) is 0.263. The van der Waals surface area contributed by atoms with Crippen LogP contribution in [0.25, 0.3) is 17.2 Å². The number of aliphatic hydroxyl groups excluding tert-OH is 1. The van der Waals surface area contributed by atoms with Gasteiger partial charge < -0.3 is 19.6 Å². The van der Waals surface area contributed by atoms with Gasteiger partial charge in [0.15, 0.2) is 0 Å². The van der Waals surface area contributed by atoms with E-state index in [2.05, 4.69) is 4.98 Å². The van der Waals surface area contributed by atoms with Gasteiger partial charge in [0, 0.05) is 34.7 Å². The van der Waals surface area contributed by atoms with Crippen LogP contribution in [0, 0.1) is 6.92 Å². The number of hydrogen-bond acceptors (Lipinski definition) is 9. The third-order valence-electron chi connectivity index (χ3n) is 8.98. The van der Waals surface area contributed by atoms with E-state index in [0.717, 1.165) is 39.7 Å². The number of H-pyrrole nitrogens is 1. The minimum Gasteiger partial charge on any atom is -0.516 e. The molecule has 50 heavy (non-hydrogen) atoms. The lowest BCUT2D eigenvalue weighted by Crippen LogP contribution is -2.27. The number of carbonyl (C=O) groups is 3. The summed E-state index contributed by atoms with van der Waals surface area (Å²) < 4.78 is 9.86. The summed E-state index contributed by atoms with van der Waals surface area (Å²) in [4.78, 5) is 54.4. The second-order valence-corrected chi connectivity index (χ2v) is 12.7. The lowest BCUT2D eigenvalue weighted by molar-refractivity contribution is -0.141. The molecule has 5 heterocycles. The van der Waals surface area contributed by atoms with Crippen LogP contribution in [-0.4, -0.2) is 59.7 Å². The van der Waals surface area contributed by atoms with Crippen molar-refractivity contribution < 1.29 is 29.0 Å². The van der Waals surface area contributed by atoms with Gasteiger partial charge in [0.25, 0.3) is 0 Å². The van der Waals surface area contributed by atoms with Crippen molar-refractivity contribution >= 4 is 75.7 Å². The van der Waals surface area contributed by atoms with E-state index in [9.17, 15) is 19.5 Å². The lowest BCUT2D eigenvalue weighted by atomic mass is 9.96. The molecule has 0 saturated carbocycles. The van der Waals surface area contributed by atoms with Crippen LogP contribution >= 0.6 is 23.2 Å². The number of aldehydes is 1. The van der Waals surface area contributed by atoms with Gasteiger partial charge in [-0.1, -0.05) is 23.2 Å². The quantitative estimate of drug-likeness (QED) is 0.135. The predicted molar refractivity (Wildman–Crippen MR) is 197 cm³/mol. The maximum Gasteiger partial charge on any atom is 0.305 e. The number of aliphatic imine (C=N–C) groups is 3. The average Bonchev–Trinajstić information content (AvgIpc) is 3.75. The molecule has 4 aliphatic heterocycles. The molecule has 258 valence electrons. The molecule has 10 nitrogen and oxygen atoms in total. The zero-order chi connectivity index (χ0) is 36.3. The molecule has 1 aromatic rings. The van der Waals surface area contributed by atoms with Gasteiger partial charge in [-0.15, -0.1) is 0 Å². The first-order chi connectivity index (χ1) is 23.9. The van der Waals surface area contributed by atoms with Crippen molar-refractivity contribution in [3.05, 3.63) is 108 Å². The standard InChI is InChI=1S/C38H36Cl2N4O6/c1-19-23(7-9-35(47)49-5)31-18-32-24(8-10-36(48)50-6)20(2)28(42-32)16-33-38(26(40)12-14-46)22(4)30(44-33)17-34-37(25(39)11-13-45)21(3)29(43-34)15-27(19)41-31/h11-18,44,46H,7-10H2,1-6H3/b14-12+,25-11-,27-15?,32-18?,33-16?,34-17?,38-26+. The molecule has 0 aliphatic carbocycles. The number of esters is 2. The number of nitrogens with one attached hydrogen (secondary N) is 1. The molecule has 0 saturated heterocycles. The Labute approximate surface area is 299 Å². The van der Waals surface area contributed by atoms with E-state index < -0.39 is 0 Å². The van der Waals surface area contributed by atoms with E-state index in [1.807, 2.05) is 52.0 Å². The van der Waals surface area contributed by atoms with E-state index in [1.165, 1.54) is 26.4 Å². The number of methoxy groups -OCH3 is 2. The fourth-order valence-corrected chi connectivity index (χ4v) is 6.81. The molecule has 0 radical (unpaired) electrons. The molecular weight excluding hydrogens is 679 g/mol. The molecule has 2 N–H and O–H groups in total. The second kappa shape index (κ2) is 15.2. The normalized spacial score (nSPS) is 18.0. The van der Waals surface area contributed by atoms with Gasteiger partial charge in [-0.25, -0.2) is 15.0 Å². The van der Waals surface area contributed by atoms with Crippen LogP contribution in [0.3, 0.4) is 0 Å². The van der Waals surface area contributed by atoms with Gasteiger partial charge in [-0.2, -0.15) is 0 Å². The lowest BCUT2D eigenvalue weighted by Gasteiger charge is -2.08. The van der Waals surface area contributed by atoms with E-state index in [0.29, 0.717) is 75.2 Å². The van der Waals surface area contributed by atoms with Crippen molar-refractivity contribution in [1.29, 1.82) is 0 Å². The summed E-state index contributed by atoms with van der Waals surface area (Å²) in [6.45, 7) is 7.64. The molecule has 0 fully saturated rings. The molecule has 0 atom stereocenters. The Morgan fingerprint density at radius 3 is 2.04 bits per heavy atom. The molecule has 5 rings (SSSR count). The minimum atomic E-state index is -0.351. The highest BCUT2D eigenvalue weighted by Crippen LogP contribution is 2.38. The van der Waals surface area contributed by atoms with Gasteiger partial charge in [0.2, 0.25) is 0 Å². The van der Waals surface area contributed by atoms with Crippen LogP contribution in [-0.2, 0) is 23.9 Å². The molecule has 0 unspecified atom stereocenters. The number of hydrogen-bond donors (Lipinski definition) is 2. The number of aromatic nitrogens is 1. The minimum absolute atomic E-state index is 0.143. The molecule has 0 amide bonds. The Bertz CT molecular complexity index is 2200. The van der Waals surface area contributed by atoms with Gasteiger partial charge >= 0.3 is 11.9 Å². The zero-order valence-corrected chi connectivity index (χ0v) is 30.0. The summed E-state index contributed by atoms with van der Waals surface area (Å²) in [6.07, 6.45) is 12.6. The SMILES string of the molecule is COC(=O)CCC1=C(C)C2=NC1=CC1=NC(=CC3=NC(=Cc4[nH]c(/c(=C(Cl)\C=C\O)c4C)=C2)C(/C(Cl)=C/C=O)=C3C)C(C)=C1CCC(=O)OC. The number of rotatable bonds is 9. The van der Waals surface area contributed by atoms with E-state index >= 15 is 0 Å². The highest BCUT2D eigenvalue weighted by molar-refractivity contribution is 6.47.